The predicted molar refractivity (Wildman–Crippen MR) is 99.5 cm³/mol. The van der Waals surface area contributed by atoms with E-state index in [1.54, 1.807) is 0 Å². The number of rotatable bonds is 1. The minimum Gasteiger partial charge on any atom is -0.436 e. The Bertz CT molecular complexity index is 1210. The molecule has 0 aliphatic rings. The van der Waals surface area contributed by atoms with Crippen LogP contribution in [0.4, 0.5) is 0 Å². The van der Waals surface area contributed by atoms with E-state index in [1.165, 1.54) is 0 Å². The maximum absolute atomic E-state index is 6.11. The molecule has 4 aromatic carbocycles. The van der Waals surface area contributed by atoms with E-state index >= 15 is 0 Å². The lowest BCUT2D eigenvalue weighted by Crippen LogP contribution is -1.79. The first kappa shape index (κ1) is 13.6. The normalized spacial score (nSPS) is 11.5. The van der Waals surface area contributed by atoms with E-state index in [2.05, 4.69) is 35.3 Å². The van der Waals surface area contributed by atoms with Crippen molar-refractivity contribution < 1.29 is 4.42 Å². The third-order valence-corrected chi connectivity index (χ3v) is 4.56. The molecule has 0 saturated heterocycles. The van der Waals surface area contributed by atoms with Crippen LogP contribution in [0.1, 0.15) is 0 Å². The fraction of sp³-hybridized carbons (Fsp3) is 0. The summed E-state index contributed by atoms with van der Waals surface area (Å²) in [7, 11) is 0. The van der Waals surface area contributed by atoms with Crippen LogP contribution >= 0.6 is 11.6 Å². The second-order valence-corrected chi connectivity index (χ2v) is 6.29. The molecule has 0 spiro atoms. The summed E-state index contributed by atoms with van der Waals surface area (Å²) in [5.74, 6) is 0.647. The van der Waals surface area contributed by atoms with E-state index in [0.29, 0.717) is 5.89 Å². The zero-order valence-electron chi connectivity index (χ0n) is 12.7. The summed E-state index contributed by atoms with van der Waals surface area (Å²) in [6.07, 6.45) is 0. The molecule has 24 heavy (non-hydrogen) atoms. The Morgan fingerprint density at radius 3 is 2.38 bits per heavy atom. The number of benzene rings is 4. The summed E-state index contributed by atoms with van der Waals surface area (Å²) in [6, 6.07) is 24.3. The van der Waals surface area contributed by atoms with Crippen molar-refractivity contribution in [3.8, 4) is 11.5 Å². The first-order valence-corrected chi connectivity index (χ1v) is 8.14. The van der Waals surface area contributed by atoms with Gasteiger partial charge in [-0.15, -0.1) is 0 Å². The molecule has 5 aromatic rings. The molecule has 1 heterocycles. The molecule has 0 amide bonds. The summed E-state index contributed by atoms with van der Waals surface area (Å²) in [5, 5.41) is 5.32. The lowest BCUT2D eigenvalue weighted by atomic mass is 10.0. The Labute approximate surface area is 143 Å². The molecule has 0 bridgehead atoms. The predicted octanol–water partition coefficient (Wildman–Crippen LogP) is 6.45. The van der Waals surface area contributed by atoms with Crippen LogP contribution in [0.15, 0.2) is 77.2 Å². The van der Waals surface area contributed by atoms with Gasteiger partial charge in [0.1, 0.15) is 5.52 Å². The number of nitrogens with zero attached hydrogens (tertiary/aromatic N) is 1. The van der Waals surface area contributed by atoms with Crippen LogP contribution in [-0.4, -0.2) is 4.98 Å². The van der Waals surface area contributed by atoms with Crippen molar-refractivity contribution in [2.45, 2.75) is 0 Å². The van der Waals surface area contributed by atoms with Gasteiger partial charge in [-0.05, 0) is 57.9 Å². The average molecular weight is 330 g/mol. The molecule has 0 atom stereocenters. The maximum Gasteiger partial charge on any atom is 0.227 e. The number of oxazole rings is 1. The minimum atomic E-state index is 0.647. The smallest absolute Gasteiger partial charge is 0.227 e. The van der Waals surface area contributed by atoms with Crippen LogP contribution in [0.2, 0.25) is 5.02 Å². The van der Waals surface area contributed by atoms with E-state index in [-0.39, 0.29) is 0 Å². The van der Waals surface area contributed by atoms with Crippen molar-refractivity contribution in [2.75, 3.05) is 0 Å². The zero-order valence-corrected chi connectivity index (χ0v) is 13.4. The van der Waals surface area contributed by atoms with E-state index < -0.39 is 0 Å². The summed E-state index contributed by atoms with van der Waals surface area (Å²) in [4.78, 5) is 4.64. The number of fused-ring (bicyclic) bond motifs is 4. The zero-order chi connectivity index (χ0) is 16.1. The number of halogens is 1. The largest absolute Gasteiger partial charge is 0.436 e. The van der Waals surface area contributed by atoms with E-state index in [4.69, 9.17) is 16.0 Å². The van der Waals surface area contributed by atoms with Crippen LogP contribution in [0.3, 0.4) is 0 Å². The molecule has 0 aliphatic carbocycles. The second-order valence-electron chi connectivity index (χ2n) is 5.86. The summed E-state index contributed by atoms with van der Waals surface area (Å²) in [5.41, 5.74) is 2.65. The third-order valence-electron chi connectivity index (χ3n) is 4.33. The molecule has 3 heteroatoms. The molecular formula is C21H12ClNO. The Morgan fingerprint density at radius 2 is 1.54 bits per heavy atom. The van der Waals surface area contributed by atoms with Gasteiger partial charge in [0.15, 0.2) is 5.58 Å². The monoisotopic (exact) mass is 329 g/mol. The van der Waals surface area contributed by atoms with Crippen molar-refractivity contribution in [1.82, 2.24) is 4.98 Å². The van der Waals surface area contributed by atoms with Gasteiger partial charge in [-0.1, -0.05) is 48.0 Å². The van der Waals surface area contributed by atoms with Gasteiger partial charge in [-0.2, -0.15) is 0 Å². The lowest BCUT2D eigenvalue weighted by molar-refractivity contribution is 0.620. The van der Waals surface area contributed by atoms with Crippen LogP contribution in [0, 0.1) is 0 Å². The summed E-state index contributed by atoms with van der Waals surface area (Å²) >= 11 is 6.11. The highest BCUT2D eigenvalue weighted by Gasteiger charge is 2.10. The van der Waals surface area contributed by atoms with Gasteiger partial charge in [0.05, 0.1) is 0 Å². The van der Waals surface area contributed by atoms with Crippen molar-refractivity contribution in [3.05, 3.63) is 77.8 Å². The standard InChI is InChI=1S/C21H12ClNO/c22-16-8-9-17-14(10-16)6-7-15-11-19-20(12-18(15)17)24-21(23-19)13-4-2-1-3-5-13/h1-12H. The molecule has 0 radical (unpaired) electrons. The first-order chi connectivity index (χ1) is 11.8. The van der Waals surface area contributed by atoms with Crippen LogP contribution < -0.4 is 0 Å². The molecule has 0 aliphatic heterocycles. The minimum absolute atomic E-state index is 0.647. The van der Waals surface area contributed by atoms with Crippen molar-refractivity contribution >= 4 is 44.2 Å². The van der Waals surface area contributed by atoms with Crippen LogP contribution in [0.5, 0.6) is 0 Å². The highest BCUT2D eigenvalue weighted by molar-refractivity contribution is 6.31. The second kappa shape index (κ2) is 5.08. The highest BCUT2D eigenvalue weighted by Crippen LogP contribution is 2.32. The van der Waals surface area contributed by atoms with Gasteiger partial charge in [0.2, 0.25) is 5.89 Å². The SMILES string of the molecule is Clc1ccc2c(ccc3cc4nc(-c5ccccc5)oc4cc32)c1. The Hall–Kier alpha value is -2.84. The molecule has 114 valence electrons. The van der Waals surface area contributed by atoms with Gasteiger partial charge in [-0.3, -0.25) is 0 Å². The average Bonchev–Trinajstić information content (AvgIpc) is 3.03. The number of hydrogen-bond donors (Lipinski definition) is 0. The van der Waals surface area contributed by atoms with Crippen molar-refractivity contribution in [1.29, 1.82) is 0 Å². The summed E-state index contributed by atoms with van der Waals surface area (Å²) in [6.45, 7) is 0. The lowest BCUT2D eigenvalue weighted by Gasteiger charge is -2.04. The fourth-order valence-corrected chi connectivity index (χ4v) is 3.34. The topological polar surface area (TPSA) is 26.0 Å². The van der Waals surface area contributed by atoms with Gasteiger partial charge in [0.25, 0.3) is 0 Å². The molecule has 1 aromatic heterocycles. The Kier molecular flexibility index (Phi) is 2.88. The van der Waals surface area contributed by atoms with Gasteiger partial charge >= 0.3 is 0 Å². The van der Waals surface area contributed by atoms with Crippen molar-refractivity contribution in [2.24, 2.45) is 0 Å². The van der Waals surface area contributed by atoms with E-state index in [9.17, 15) is 0 Å². The molecule has 0 unspecified atom stereocenters. The van der Waals surface area contributed by atoms with Crippen molar-refractivity contribution in [3.63, 3.8) is 0 Å². The van der Waals surface area contributed by atoms with E-state index in [1.807, 2.05) is 42.5 Å². The number of aromatic nitrogens is 1. The Morgan fingerprint density at radius 1 is 0.750 bits per heavy atom. The van der Waals surface area contributed by atoms with Crippen LogP contribution in [-0.2, 0) is 0 Å². The summed E-state index contributed by atoms with van der Waals surface area (Å²) < 4.78 is 6.00. The fourth-order valence-electron chi connectivity index (χ4n) is 3.16. The molecular weight excluding hydrogens is 318 g/mol. The number of hydrogen-bond acceptors (Lipinski definition) is 2. The van der Waals surface area contributed by atoms with Gasteiger partial charge in [0, 0.05) is 10.6 Å². The molecule has 2 nitrogen and oxygen atoms in total. The highest BCUT2D eigenvalue weighted by atomic mass is 35.5. The molecule has 5 rings (SSSR count). The first-order valence-electron chi connectivity index (χ1n) is 7.76. The maximum atomic E-state index is 6.11. The Balaban J connectivity index is 1.81. The van der Waals surface area contributed by atoms with Gasteiger partial charge in [-0.25, -0.2) is 4.98 Å². The quantitative estimate of drug-likeness (QED) is 0.330. The molecule has 0 fully saturated rings. The van der Waals surface area contributed by atoms with Crippen LogP contribution in [0.25, 0.3) is 44.1 Å². The van der Waals surface area contributed by atoms with E-state index in [0.717, 1.165) is 43.2 Å². The third kappa shape index (κ3) is 2.08. The molecule has 0 saturated carbocycles. The van der Waals surface area contributed by atoms with Gasteiger partial charge < -0.3 is 4.42 Å². The molecule has 0 N–H and O–H groups in total.